The fourth-order valence-corrected chi connectivity index (χ4v) is 6.65. The molecule has 1 unspecified atom stereocenters. The lowest BCUT2D eigenvalue weighted by molar-refractivity contribution is -0.137. The molecule has 7 nitrogen and oxygen atoms in total. The van der Waals surface area contributed by atoms with Crippen LogP contribution in [0.1, 0.15) is 34.2 Å². The van der Waals surface area contributed by atoms with Crippen molar-refractivity contribution in [1.29, 1.82) is 0 Å². The number of halogens is 3. The summed E-state index contributed by atoms with van der Waals surface area (Å²) in [6, 6.07) is 20.7. The van der Waals surface area contributed by atoms with Crippen molar-refractivity contribution in [3.05, 3.63) is 94.5 Å². The van der Waals surface area contributed by atoms with Gasteiger partial charge in [-0.1, -0.05) is 54.1 Å². The second-order valence-corrected chi connectivity index (χ2v) is 12.6. The Morgan fingerprint density at radius 1 is 1.00 bits per heavy atom. The van der Waals surface area contributed by atoms with Crippen LogP contribution in [-0.2, 0) is 25.6 Å². The van der Waals surface area contributed by atoms with Crippen LogP contribution in [0.15, 0.2) is 66.7 Å². The topological polar surface area (TPSA) is 72.0 Å². The van der Waals surface area contributed by atoms with E-state index < -0.39 is 18.0 Å². The van der Waals surface area contributed by atoms with Gasteiger partial charge in [-0.25, -0.2) is 0 Å². The smallest absolute Gasteiger partial charge is 0.416 e. The molecule has 6 rings (SSSR count). The molecule has 3 aliphatic rings. The molecule has 0 amide bonds. The van der Waals surface area contributed by atoms with E-state index in [-0.39, 0.29) is 18.2 Å². The number of hydrogen-bond donors (Lipinski definition) is 4. The van der Waals surface area contributed by atoms with Crippen LogP contribution in [0, 0.1) is 6.92 Å². The Labute approximate surface area is 263 Å². The molecule has 0 aliphatic carbocycles. The zero-order valence-electron chi connectivity index (χ0n) is 25.8. The molecule has 4 N–H and O–H groups in total. The van der Waals surface area contributed by atoms with Gasteiger partial charge in [0.2, 0.25) is 0 Å². The number of anilines is 1. The number of nitrogens with zero attached hydrogens (tertiary/aromatic N) is 2. The molecule has 0 radical (unpaired) electrons. The molecule has 10 heteroatoms. The highest BCUT2D eigenvalue weighted by atomic mass is 19.4. The van der Waals surface area contributed by atoms with Crippen molar-refractivity contribution in [3.63, 3.8) is 0 Å². The van der Waals surface area contributed by atoms with Crippen molar-refractivity contribution in [2.75, 3.05) is 50.7 Å². The van der Waals surface area contributed by atoms with Gasteiger partial charge in [0.25, 0.3) is 0 Å². The minimum atomic E-state index is -4.44. The fourth-order valence-electron chi connectivity index (χ4n) is 6.65. The lowest BCUT2D eigenvalue weighted by Gasteiger charge is -2.41. The Balaban J connectivity index is 1.13. The molecule has 0 spiro atoms. The third-order valence-corrected chi connectivity index (χ3v) is 9.35. The second-order valence-electron chi connectivity index (χ2n) is 12.6. The SMILES string of the molecule is Cc1ccc(C[C@@H](NC[C@H]2Cc3ccccc3CN2)C(O)N2CCN(c3cc(C(F)(F)F)ccc3O[C@H]3CCNC3)CC2)cc1. The summed E-state index contributed by atoms with van der Waals surface area (Å²) >= 11 is 0. The molecular formula is C35H44F3N5O2. The van der Waals surface area contributed by atoms with E-state index in [0.29, 0.717) is 57.1 Å². The van der Waals surface area contributed by atoms with Gasteiger partial charge in [0.05, 0.1) is 17.3 Å². The second kappa shape index (κ2) is 14.1. The van der Waals surface area contributed by atoms with E-state index in [1.807, 2.05) is 9.80 Å². The van der Waals surface area contributed by atoms with Crippen molar-refractivity contribution < 1.29 is 23.0 Å². The van der Waals surface area contributed by atoms with Gasteiger partial charge in [-0.15, -0.1) is 0 Å². The maximum absolute atomic E-state index is 13.7. The molecule has 2 fully saturated rings. The number of benzene rings is 3. The quantitative estimate of drug-likeness (QED) is 0.271. The molecule has 3 aliphatic heterocycles. The highest BCUT2D eigenvalue weighted by Crippen LogP contribution is 2.38. The summed E-state index contributed by atoms with van der Waals surface area (Å²) in [5.41, 5.74) is 4.80. The van der Waals surface area contributed by atoms with Gasteiger partial charge in [0, 0.05) is 51.9 Å². The van der Waals surface area contributed by atoms with Gasteiger partial charge in [-0.2, -0.15) is 13.2 Å². The number of hydrogen-bond acceptors (Lipinski definition) is 7. The summed E-state index contributed by atoms with van der Waals surface area (Å²) in [6.45, 7) is 7.11. The van der Waals surface area contributed by atoms with Crippen LogP contribution in [-0.4, -0.2) is 80.2 Å². The monoisotopic (exact) mass is 623 g/mol. The van der Waals surface area contributed by atoms with Gasteiger partial charge in [0.1, 0.15) is 18.1 Å². The van der Waals surface area contributed by atoms with E-state index in [0.717, 1.165) is 37.6 Å². The summed E-state index contributed by atoms with van der Waals surface area (Å²) in [6.07, 6.45) is -2.86. The van der Waals surface area contributed by atoms with Gasteiger partial charge in [-0.3, -0.25) is 4.90 Å². The minimum Gasteiger partial charge on any atom is -0.487 e. The van der Waals surface area contributed by atoms with Crippen molar-refractivity contribution in [3.8, 4) is 5.75 Å². The first-order chi connectivity index (χ1) is 21.7. The summed E-state index contributed by atoms with van der Waals surface area (Å²) in [7, 11) is 0. The lowest BCUT2D eigenvalue weighted by atomic mass is 9.95. The number of rotatable bonds is 10. The number of aliphatic hydroxyl groups is 1. The van der Waals surface area contributed by atoms with Gasteiger partial charge in [0.15, 0.2) is 0 Å². The molecule has 0 bridgehead atoms. The number of nitrogens with one attached hydrogen (secondary N) is 3. The molecule has 45 heavy (non-hydrogen) atoms. The third-order valence-electron chi connectivity index (χ3n) is 9.35. The van der Waals surface area contributed by atoms with Gasteiger partial charge in [-0.05, 0) is 67.6 Å². The van der Waals surface area contributed by atoms with Crippen LogP contribution in [0.2, 0.25) is 0 Å². The first-order valence-electron chi connectivity index (χ1n) is 16.1. The summed E-state index contributed by atoms with van der Waals surface area (Å²) in [5.74, 6) is 0.478. The summed E-state index contributed by atoms with van der Waals surface area (Å²) < 4.78 is 47.2. The molecule has 4 atom stereocenters. The molecule has 3 aromatic rings. The molecular weight excluding hydrogens is 579 g/mol. The van der Waals surface area contributed by atoms with Crippen molar-refractivity contribution in [2.45, 2.75) is 63.3 Å². The normalized spacial score (nSPS) is 22.2. The van der Waals surface area contributed by atoms with E-state index >= 15 is 0 Å². The Morgan fingerprint density at radius 3 is 2.47 bits per heavy atom. The van der Waals surface area contributed by atoms with Gasteiger partial charge < -0.3 is 30.7 Å². The predicted octanol–water partition coefficient (Wildman–Crippen LogP) is 4.11. The van der Waals surface area contributed by atoms with Gasteiger partial charge >= 0.3 is 6.18 Å². The zero-order chi connectivity index (χ0) is 31.4. The average molecular weight is 624 g/mol. The van der Waals surface area contributed by atoms with E-state index in [1.54, 1.807) is 0 Å². The van der Waals surface area contributed by atoms with Crippen molar-refractivity contribution in [1.82, 2.24) is 20.9 Å². The number of ether oxygens (including phenoxy) is 1. The first kappa shape index (κ1) is 31.8. The van der Waals surface area contributed by atoms with E-state index in [1.165, 1.54) is 28.8 Å². The number of aliphatic hydroxyl groups excluding tert-OH is 1. The number of aryl methyl sites for hydroxylation is 1. The predicted molar refractivity (Wildman–Crippen MR) is 171 cm³/mol. The molecule has 0 saturated carbocycles. The van der Waals surface area contributed by atoms with Crippen LogP contribution in [0.25, 0.3) is 0 Å². The molecule has 2 saturated heterocycles. The highest BCUT2D eigenvalue weighted by molar-refractivity contribution is 5.61. The summed E-state index contributed by atoms with van der Waals surface area (Å²) in [4.78, 5) is 4.00. The Bertz CT molecular complexity index is 1410. The number of fused-ring (bicyclic) bond motifs is 1. The Hall–Kier alpha value is -3.15. The summed E-state index contributed by atoms with van der Waals surface area (Å²) in [5, 5.41) is 22.3. The van der Waals surface area contributed by atoms with E-state index in [2.05, 4.69) is 71.4 Å². The number of alkyl halides is 3. The standard InChI is InChI=1S/C35H44F3N5O2/c1-24-6-8-25(9-7-24)18-31(41-22-29-19-26-4-2-3-5-27(26)21-40-29)34(44)43-16-14-42(15-17-43)32-20-28(35(36,37)38)10-11-33(32)45-30-12-13-39-23-30/h2-11,20,29-31,34,39-41,44H,12-19,21-23H2,1H3/t29-,30+,31-,34?/m1/s1. The highest BCUT2D eigenvalue weighted by Gasteiger charge is 2.34. The van der Waals surface area contributed by atoms with Crippen molar-refractivity contribution in [2.24, 2.45) is 0 Å². The lowest BCUT2D eigenvalue weighted by Crippen LogP contribution is -2.58. The van der Waals surface area contributed by atoms with E-state index in [9.17, 15) is 18.3 Å². The molecule has 0 aromatic heterocycles. The fraction of sp³-hybridized carbons (Fsp3) is 0.486. The molecule has 242 valence electrons. The van der Waals surface area contributed by atoms with Crippen LogP contribution in [0.4, 0.5) is 18.9 Å². The van der Waals surface area contributed by atoms with Crippen LogP contribution < -0.4 is 25.6 Å². The Kier molecular flexibility index (Phi) is 9.96. The van der Waals surface area contributed by atoms with Crippen molar-refractivity contribution >= 4 is 5.69 Å². The zero-order valence-corrected chi connectivity index (χ0v) is 25.8. The average Bonchev–Trinajstić information content (AvgIpc) is 3.56. The molecule has 3 aromatic carbocycles. The minimum absolute atomic E-state index is 0.0654. The maximum atomic E-state index is 13.7. The van der Waals surface area contributed by atoms with Crippen LogP contribution in [0.5, 0.6) is 5.75 Å². The van der Waals surface area contributed by atoms with Crippen LogP contribution >= 0.6 is 0 Å². The molecule has 3 heterocycles. The maximum Gasteiger partial charge on any atom is 0.416 e. The largest absolute Gasteiger partial charge is 0.487 e. The number of piperazine rings is 1. The van der Waals surface area contributed by atoms with E-state index in [4.69, 9.17) is 4.74 Å². The Morgan fingerprint density at radius 2 is 1.76 bits per heavy atom. The third kappa shape index (κ3) is 7.99. The van der Waals surface area contributed by atoms with Crippen LogP contribution in [0.3, 0.4) is 0 Å². The first-order valence-corrected chi connectivity index (χ1v) is 16.1.